The van der Waals surface area contributed by atoms with E-state index in [1.165, 1.54) is 5.56 Å². The molecule has 0 amide bonds. The van der Waals surface area contributed by atoms with Gasteiger partial charge >= 0.3 is 0 Å². The first-order valence-electron chi connectivity index (χ1n) is 6.07. The SMILES string of the molecule is Cc1ccc(-n2ccc3c(N)ccc(C#N)c32)cc1. The molecule has 3 heteroatoms. The van der Waals surface area contributed by atoms with E-state index in [0.717, 1.165) is 16.6 Å². The number of anilines is 1. The molecule has 0 fully saturated rings. The van der Waals surface area contributed by atoms with Gasteiger partial charge < -0.3 is 10.3 Å². The van der Waals surface area contributed by atoms with Crippen LogP contribution in [-0.4, -0.2) is 4.57 Å². The molecular formula is C16H13N3. The number of benzene rings is 2. The minimum absolute atomic E-state index is 0.634. The fourth-order valence-electron chi connectivity index (χ4n) is 2.29. The molecule has 0 radical (unpaired) electrons. The van der Waals surface area contributed by atoms with Gasteiger partial charge in [-0.1, -0.05) is 17.7 Å². The summed E-state index contributed by atoms with van der Waals surface area (Å²) in [5.74, 6) is 0. The highest BCUT2D eigenvalue weighted by Crippen LogP contribution is 2.28. The number of nitrogens with zero attached hydrogens (tertiary/aromatic N) is 2. The van der Waals surface area contributed by atoms with E-state index in [0.29, 0.717) is 11.3 Å². The molecule has 0 aliphatic rings. The molecule has 0 atom stereocenters. The maximum Gasteiger partial charge on any atom is 0.101 e. The summed E-state index contributed by atoms with van der Waals surface area (Å²) in [5, 5.41) is 10.2. The largest absolute Gasteiger partial charge is 0.398 e. The van der Waals surface area contributed by atoms with E-state index in [1.54, 1.807) is 12.1 Å². The molecule has 3 nitrogen and oxygen atoms in total. The summed E-state index contributed by atoms with van der Waals surface area (Å²) in [4.78, 5) is 0. The smallest absolute Gasteiger partial charge is 0.101 e. The molecule has 19 heavy (non-hydrogen) atoms. The normalized spacial score (nSPS) is 10.5. The lowest BCUT2D eigenvalue weighted by Gasteiger charge is -2.08. The van der Waals surface area contributed by atoms with Crippen LogP contribution in [0.15, 0.2) is 48.7 Å². The molecule has 2 aromatic carbocycles. The molecule has 0 aliphatic heterocycles. The van der Waals surface area contributed by atoms with Crippen LogP contribution in [0.2, 0.25) is 0 Å². The average Bonchev–Trinajstić information content (AvgIpc) is 2.86. The Balaban J connectivity index is 2.34. The quantitative estimate of drug-likeness (QED) is 0.670. The summed E-state index contributed by atoms with van der Waals surface area (Å²) in [6, 6.07) is 15.9. The summed E-state index contributed by atoms with van der Waals surface area (Å²) in [6.07, 6.45) is 1.95. The van der Waals surface area contributed by atoms with Crippen LogP contribution in [-0.2, 0) is 0 Å². The molecule has 1 aromatic heterocycles. The first kappa shape index (κ1) is 11.4. The lowest BCUT2D eigenvalue weighted by atomic mass is 10.1. The Morgan fingerprint density at radius 3 is 2.47 bits per heavy atom. The first-order chi connectivity index (χ1) is 9.20. The van der Waals surface area contributed by atoms with Crippen molar-refractivity contribution in [2.24, 2.45) is 0 Å². The van der Waals surface area contributed by atoms with E-state index >= 15 is 0 Å². The molecule has 3 aromatic rings. The van der Waals surface area contributed by atoms with Crippen molar-refractivity contribution in [3.63, 3.8) is 0 Å². The Kier molecular flexibility index (Phi) is 2.50. The first-order valence-corrected chi connectivity index (χ1v) is 6.07. The summed E-state index contributed by atoms with van der Waals surface area (Å²) < 4.78 is 2.00. The summed E-state index contributed by atoms with van der Waals surface area (Å²) in [5.41, 5.74) is 10.4. The van der Waals surface area contributed by atoms with Gasteiger partial charge in [0.25, 0.3) is 0 Å². The second kappa shape index (κ2) is 4.18. The van der Waals surface area contributed by atoms with Crippen LogP contribution in [0.5, 0.6) is 0 Å². The zero-order chi connectivity index (χ0) is 13.4. The van der Waals surface area contributed by atoms with Crippen molar-refractivity contribution < 1.29 is 0 Å². The Morgan fingerprint density at radius 1 is 1.05 bits per heavy atom. The number of hydrogen-bond acceptors (Lipinski definition) is 2. The molecule has 0 spiro atoms. The molecule has 92 valence electrons. The molecule has 0 unspecified atom stereocenters. The number of aryl methyl sites for hydroxylation is 1. The molecule has 0 saturated heterocycles. The average molecular weight is 247 g/mol. The number of aromatic nitrogens is 1. The van der Waals surface area contributed by atoms with Crippen molar-refractivity contribution in [1.29, 1.82) is 5.26 Å². The summed E-state index contributed by atoms with van der Waals surface area (Å²) in [6.45, 7) is 2.05. The molecule has 2 N–H and O–H groups in total. The summed E-state index contributed by atoms with van der Waals surface area (Å²) >= 11 is 0. The highest BCUT2D eigenvalue weighted by molar-refractivity contribution is 5.96. The standard InChI is InChI=1S/C16H13N3/c1-11-2-5-13(6-3-11)19-9-8-14-15(18)7-4-12(10-17)16(14)19/h2-9H,18H2,1H3. The van der Waals surface area contributed by atoms with E-state index < -0.39 is 0 Å². The van der Waals surface area contributed by atoms with Crippen molar-refractivity contribution in [2.75, 3.05) is 5.73 Å². The van der Waals surface area contributed by atoms with Gasteiger partial charge in [-0.15, -0.1) is 0 Å². The van der Waals surface area contributed by atoms with E-state index in [1.807, 2.05) is 29.0 Å². The van der Waals surface area contributed by atoms with Crippen LogP contribution in [0.4, 0.5) is 5.69 Å². The van der Waals surface area contributed by atoms with Crippen LogP contribution in [0, 0.1) is 18.3 Å². The highest BCUT2D eigenvalue weighted by atomic mass is 15.0. The maximum atomic E-state index is 9.26. The third kappa shape index (κ3) is 1.74. The number of rotatable bonds is 1. The lowest BCUT2D eigenvalue weighted by Crippen LogP contribution is -1.95. The van der Waals surface area contributed by atoms with Gasteiger partial charge in [0.2, 0.25) is 0 Å². The van der Waals surface area contributed by atoms with Gasteiger partial charge in [0, 0.05) is 23.0 Å². The van der Waals surface area contributed by atoms with Crippen molar-refractivity contribution >= 4 is 16.6 Å². The van der Waals surface area contributed by atoms with E-state index in [2.05, 4.69) is 25.1 Å². The minimum atomic E-state index is 0.634. The van der Waals surface area contributed by atoms with Crippen molar-refractivity contribution in [1.82, 2.24) is 4.57 Å². The van der Waals surface area contributed by atoms with Gasteiger partial charge in [-0.05, 0) is 37.3 Å². The zero-order valence-electron chi connectivity index (χ0n) is 10.6. The van der Waals surface area contributed by atoms with Gasteiger partial charge in [0.05, 0.1) is 11.1 Å². The van der Waals surface area contributed by atoms with Gasteiger partial charge in [0.1, 0.15) is 6.07 Å². The topological polar surface area (TPSA) is 54.7 Å². The van der Waals surface area contributed by atoms with E-state index in [-0.39, 0.29) is 0 Å². The zero-order valence-corrected chi connectivity index (χ0v) is 10.6. The van der Waals surface area contributed by atoms with Crippen molar-refractivity contribution in [3.8, 4) is 11.8 Å². The second-order valence-electron chi connectivity index (χ2n) is 4.60. The van der Waals surface area contributed by atoms with Crippen LogP contribution < -0.4 is 5.73 Å². The predicted molar refractivity (Wildman–Crippen MR) is 77.1 cm³/mol. The van der Waals surface area contributed by atoms with Crippen LogP contribution >= 0.6 is 0 Å². The van der Waals surface area contributed by atoms with Crippen molar-refractivity contribution in [3.05, 3.63) is 59.8 Å². The van der Waals surface area contributed by atoms with Crippen LogP contribution in [0.25, 0.3) is 16.6 Å². The number of nitrogens with two attached hydrogens (primary N) is 1. The molecule has 1 heterocycles. The van der Waals surface area contributed by atoms with Crippen LogP contribution in [0.3, 0.4) is 0 Å². The number of hydrogen-bond donors (Lipinski definition) is 1. The van der Waals surface area contributed by atoms with E-state index in [4.69, 9.17) is 5.73 Å². The lowest BCUT2D eigenvalue weighted by molar-refractivity contribution is 1.12. The number of fused-ring (bicyclic) bond motifs is 1. The summed E-state index contributed by atoms with van der Waals surface area (Å²) in [7, 11) is 0. The molecule has 3 rings (SSSR count). The van der Waals surface area contributed by atoms with Crippen molar-refractivity contribution in [2.45, 2.75) is 6.92 Å². The molecule has 0 bridgehead atoms. The second-order valence-corrected chi connectivity index (χ2v) is 4.60. The van der Waals surface area contributed by atoms with Gasteiger partial charge in [-0.3, -0.25) is 0 Å². The minimum Gasteiger partial charge on any atom is -0.398 e. The predicted octanol–water partition coefficient (Wildman–Crippen LogP) is 3.39. The van der Waals surface area contributed by atoms with Gasteiger partial charge in [-0.2, -0.15) is 5.26 Å². The fourth-order valence-corrected chi connectivity index (χ4v) is 2.29. The van der Waals surface area contributed by atoms with Gasteiger partial charge in [-0.25, -0.2) is 0 Å². The van der Waals surface area contributed by atoms with Crippen LogP contribution in [0.1, 0.15) is 11.1 Å². The Bertz CT molecular complexity index is 789. The molecular weight excluding hydrogens is 234 g/mol. The maximum absolute atomic E-state index is 9.26. The molecule has 0 aliphatic carbocycles. The Hall–Kier alpha value is -2.73. The van der Waals surface area contributed by atoms with Gasteiger partial charge in [0.15, 0.2) is 0 Å². The highest BCUT2D eigenvalue weighted by Gasteiger charge is 2.10. The number of nitrogen functional groups attached to an aromatic ring is 1. The third-order valence-corrected chi connectivity index (χ3v) is 3.31. The fraction of sp³-hybridized carbons (Fsp3) is 0.0625. The monoisotopic (exact) mass is 247 g/mol. The van der Waals surface area contributed by atoms with E-state index in [9.17, 15) is 5.26 Å². The third-order valence-electron chi connectivity index (χ3n) is 3.31. The Morgan fingerprint density at radius 2 is 1.79 bits per heavy atom. The Labute approximate surface area is 111 Å². The molecule has 0 saturated carbocycles. The number of nitriles is 1.